The second-order valence-corrected chi connectivity index (χ2v) is 7.32. The third kappa shape index (κ3) is 3.52. The van der Waals surface area contributed by atoms with Crippen LogP contribution in [0.25, 0.3) is 0 Å². The summed E-state index contributed by atoms with van der Waals surface area (Å²) in [6, 6.07) is 0.561. The Bertz CT molecular complexity index is 392. The molecule has 2 bridgehead atoms. The standard InChI is InChI=1S/C15H25F3N2O/c1-10(2)19-7-11-5-6-12(8-19)20(11)13(21)14(3,4)9-15(16,17)18/h10-12H,5-9H2,1-4H3. The fourth-order valence-electron chi connectivity index (χ4n) is 3.62. The molecule has 0 saturated carbocycles. The van der Waals surface area contributed by atoms with E-state index < -0.39 is 18.0 Å². The van der Waals surface area contributed by atoms with E-state index in [0.29, 0.717) is 6.04 Å². The van der Waals surface area contributed by atoms with E-state index in [1.54, 1.807) is 4.90 Å². The van der Waals surface area contributed by atoms with Gasteiger partial charge in [-0.2, -0.15) is 13.2 Å². The van der Waals surface area contributed by atoms with Gasteiger partial charge >= 0.3 is 6.18 Å². The quantitative estimate of drug-likeness (QED) is 0.800. The molecule has 21 heavy (non-hydrogen) atoms. The van der Waals surface area contributed by atoms with Gasteiger partial charge in [-0.3, -0.25) is 9.69 Å². The first-order valence-electron chi connectivity index (χ1n) is 7.65. The lowest BCUT2D eigenvalue weighted by atomic mass is 9.86. The summed E-state index contributed by atoms with van der Waals surface area (Å²) in [5.41, 5.74) is -1.38. The van der Waals surface area contributed by atoms with Crippen LogP contribution < -0.4 is 0 Å². The average Bonchev–Trinajstić information content (AvgIpc) is 2.54. The van der Waals surface area contributed by atoms with Crippen molar-refractivity contribution in [2.45, 2.75) is 71.3 Å². The second kappa shape index (κ2) is 5.45. The zero-order valence-corrected chi connectivity index (χ0v) is 13.2. The fourth-order valence-corrected chi connectivity index (χ4v) is 3.62. The zero-order valence-electron chi connectivity index (χ0n) is 13.2. The van der Waals surface area contributed by atoms with E-state index in [2.05, 4.69) is 18.7 Å². The van der Waals surface area contributed by atoms with Crippen LogP contribution in [0.2, 0.25) is 0 Å². The monoisotopic (exact) mass is 306 g/mol. The number of piperazine rings is 1. The minimum Gasteiger partial charge on any atom is -0.334 e. The molecule has 0 radical (unpaired) electrons. The molecule has 2 fully saturated rings. The van der Waals surface area contributed by atoms with Gasteiger partial charge in [0.25, 0.3) is 0 Å². The lowest BCUT2D eigenvalue weighted by Crippen LogP contribution is -2.59. The molecule has 2 rings (SSSR count). The van der Waals surface area contributed by atoms with Gasteiger partial charge in [-0.25, -0.2) is 0 Å². The largest absolute Gasteiger partial charge is 0.390 e. The van der Waals surface area contributed by atoms with Gasteiger partial charge in [-0.05, 0) is 26.7 Å². The number of carbonyl (C=O) groups excluding carboxylic acids is 1. The highest BCUT2D eigenvalue weighted by Gasteiger charge is 2.49. The normalized spacial score (nSPS) is 27.5. The Hall–Kier alpha value is -0.780. The topological polar surface area (TPSA) is 23.6 Å². The van der Waals surface area contributed by atoms with Crippen molar-refractivity contribution in [2.24, 2.45) is 5.41 Å². The highest BCUT2D eigenvalue weighted by Crippen LogP contribution is 2.39. The molecule has 1 amide bonds. The van der Waals surface area contributed by atoms with E-state index in [1.807, 2.05) is 0 Å². The Morgan fingerprint density at radius 1 is 1.14 bits per heavy atom. The van der Waals surface area contributed by atoms with Gasteiger partial charge in [-0.15, -0.1) is 0 Å². The van der Waals surface area contributed by atoms with Crippen LogP contribution in [0.4, 0.5) is 13.2 Å². The summed E-state index contributed by atoms with van der Waals surface area (Å²) in [4.78, 5) is 16.7. The summed E-state index contributed by atoms with van der Waals surface area (Å²) in [7, 11) is 0. The number of halogens is 3. The van der Waals surface area contributed by atoms with Gasteiger partial charge < -0.3 is 4.90 Å². The first kappa shape index (κ1) is 16.6. The van der Waals surface area contributed by atoms with Gasteiger partial charge in [0.2, 0.25) is 5.91 Å². The van der Waals surface area contributed by atoms with E-state index in [0.717, 1.165) is 25.9 Å². The highest BCUT2D eigenvalue weighted by molar-refractivity contribution is 5.83. The molecule has 2 aliphatic rings. The van der Waals surface area contributed by atoms with Gasteiger partial charge in [0.15, 0.2) is 0 Å². The highest BCUT2D eigenvalue weighted by atomic mass is 19.4. The van der Waals surface area contributed by atoms with Crippen molar-refractivity contribution in [3.05, 3.63) is 0 Å². The van der Waals surface area contributed by atoms with E-state index in [1.165, 1.54) is 13.8 Å². The molecule has 6 heteroatoms. The van der Waals surface area contributed by atoms with E-state index >= 15 is 0 Å². The molecule has 2 atom stereocenters. The Balaban J connectivity index is 2.11. The molecule has 2 aliphatic heterocycles. The smallest absolute Gasteiger partial charge is 0.334 e. The minimum absolute atomic E-state index is 0.0751. The molecular weight excluding hydrogens is 281 g/mol. The Morgan fingerprint density at radius 2 is 1.62 bits per heavy atom. The van der Waals surface area contributed by atoms with Gasteiger partial charge in [-0.1, -0.05) is 13.8 Å². The third-order valence-electron chi connectivity index (χ3n) is 4.70. The summed E-state index contributed by atoms with van der Waals surface area (Å²) in [5.74, 6) is -0.337. The van der Waals surface area contributed by atoms with Crippen LogP contribution in [0.3, 0.4) is 0 Å². The Labute approximate surface area is 124 Å². The number of alkyl halides is 3. The van der Waals surface area contributed by atoms with Crippen molar-refractivity contribution in [3.63, 3.8) is 0 Å². The van der Waals surface area contributed by atoms with E-state index in [-0.39, 0.29) is 18.0 Å². The molecule has 2 saturated heterocycles. The average molecular weight is 306 g/mol. The number of likely N-dealkylation sites (tertiary alicyclic amines) is 1. The van der Waals surface area contributed by atoms with Crippen LogP contribution in [-0.2, 0) is 4.79 Å². The van der Waals surface area contributed by atoms with Crippen molar-refractivity contribution < 1.29 is 18.0 Å². The third-order valence-corrected chi connectivity index (χ3v) is 4.70. The van der Waals surface area contributed by atoms with Crippen molar-refractivity contribution in [2.75, 3.05) is 13.1 Å². The molecule has 2 unspecified atom stereocenters. The van der Waals surface area contributed by atoms with Crippen molar-refractivity contribution in [3.8, 4) is 0 Å². The van der Waals surface area contributed by atoms with Crippen LogP contribution in [-0.4, -0.2) is 53.1 Å². The SMILES string of the molecule is CC(C)N1CC2CCC(C1)N2C(=O)C(C)(C)CC(F)(F)F. The Morgan fingerprint density at radius 3 is 2.00 bits per heavy atom. The fraction of sp³-hybridized carbons (Fsp3) is 0.933. The molecule has 0 aromatic carbocycles. The van der Waals surface area contributed by atoms with Crippen LogP contribution in [0.5, 0.6) is 0 Å². The predicted molar refractivity (Wildman–Crippen MR) is 74.8 cm³/mol. The van der Waals surface area contributed by atoms with Crippen molar-refractivity contribution in [1.82, 2.24) is 9.80 Å². The number of amides is 1. The zero-order chi connectivity index (χ0) is 16.0. The second-order valence-electron chi connectivity index (χ2n) is 7.32. The molecule has 2 heterocycles. The lowest BCUT2D eigenvalue weighted by Gasteiger charge is -2.45. The first-order chi connectivity index (χ1) is 9.51. The van der Waals surface area contributed by atoms with Gasteiger partial charge in [0.1, 0.15) is 0 Å². The maximum absolute atomic E-state index is 12.7. The number of rotatable bonds is 3. The van der Waals surface area contributed by atoms with Crippen LogP contribution in [0.1, 0.15) is 47.0 Å². The van der Waals surface area contributed by atoms with E-state index in [4.69, 9.17) is 0 Å². The number of fused-ring (bicyclic) bond motifs is 2. The van der Waals surface area contributed by atoms with E-state index in [9.17, 15) is 18.0 Å². The van der Waals surface area contributed by atoms with Gasteiger partial charge in [0.05, 0.1) is 11.8 Å². The molecule has 0 aromatic rings. The van der Waals surface area contributed by atoms with Crippen molar-refractivity contribution in [1.29, 1.82) is 0 Å². The molecule has 0 spiro atoms. The number of hydrogen-bond acceptors (Lipinski definition) is 2. The van der Waals surface area contributed by atoms with Crippen LogP contribution in [0, 0.1) is 5.41 Å². The summed E-state index contributed by atoms with van der Waals surface area (Å²) in [5, 5.41) is 0. The maximum atomic E-state index is 12.7. The molecule has 0 aliphatic carbocycles. The first-order valence-corrected chi connectivity index (χ1v) is 7.65. The molecule has 122 valence electrons. The minimum atomic E-state index is -4.31. The summed E-state index contributed by atoms with van der Waals surface area (Å²) in [6.07, 6.45) is -3.55. The predicted octanol–water partition coefficient (Wildman–Crippen LogP) is 3.05. The number of hydrogen-bond donors (Lipinski definition) is 0. The summed E-state index contributed by atoms with van der Waals surface area (Å²) < 4.78 is 38.0. The molecular formula is C15H25F3N2O. The van der Waals surface area contributed by atoms with Crippen molar-refractivity contribution >= 4 is 5.91 Å². The molecule has 0 aromatic heterocycles. The molecule has 3 nitrogen and oxygen atoms in total. The molecule has 0 N–H and O–H groups in total. The maximum Gasteiger partial charge on any atom is 0.390 e. The van der Waals surface area contributed by atoms with Gasteiger partial charge in [0, 0.05) is 31.2 Å². The van der Waals surface area contributed by atoms with Crippen LogP contribution >= 0.6 is 0 Å². The number of carbonyl (C=O) groups is 1. The lowest BCUT2D eigenvalue weighted by molar-refractivity contribution is -0.173. The summed E-state index contributed by atoms with van der Waals surface area (Å²) >= 11 is 0. The Kier molecular flexibility index (Phi) is 4.30. The summed E-state index contributed by atoms with van der Waals surface area (Å²) in [6.45, 7) is 8.62. The number of nitrogens with zero attached hydrogens (tertiary/aromatic N) is 2. The van der Waals surface area contributed by atoms with Crippen LogP contribution in [0.15, 0.2) is 0 Å².